The van der Waals surface area contributed by atoms with Gasteiger partial charge >= 0.3 is 37.7 Å². The number of hydrogen-bond donors (Lipinski definition) is 0. The number of hydrogen-bond acceptors (Lipinski definition) is 0. The van der Waals surface area contributed by atoms with Crippen molar-refractivity contribution in [3.05, 3.63) is 12.8 Å². The molecule has 0 aromatic carbocycles. The Hall–Kier alpha value is 1.26. The summed E-state index contributed by atoms with van der Waals surface area (Å²) in [5, 5.41) is 0. The van der Waals surface area contributed by atoms with E-state index in [-0.39, 0.29) is 37.7 Å². The van der Waals surface area contributed by atoms with Crippen LogP contribution in [0.1, 0.15) is 33.6 Å². The van der Waals surface area contributed by atoms with Crippen LogP contribution in [-0.2, 0) is 0 Å². The fourth-order valence-electron chi connectivity index (χ4n) is 1.42. The van der Waals surface area contributed by atoms with Crippen molar-refractivity contribution >= 4 is 37.7 Å². The van der Waals surface area contributed by atoms with Gasteiger partial charge in [0.15, 0.2) is 0 Å². The van der Waals surface area contributed by atoms with Crippen LogP contribution in [0.4, 0.5) is 0 Å². The third-order valence-corrected chi connectivity index (χ3v) is 2.99. The van der Waals surface area contributed by atoms with E-state index in [1.54, 1.807) is 5.92 Å². The minimum atomic E-state index is 0. The first kappa shape index (κ1) is 11.3. The van der Waals surface area contributed by atoms with Gasteiger partial charge in [0.05, 0.1) is 0 Å². The van der Waals surface area contributed by atoms with E-state index in [0.29, 0.717) is 11.3 Å². The van der Waals surface area contributed by atoms with E-state index in [2.05, 4.69) is 27.7 Å². The molecular weight excluding hydrogens is 148 g/mol. The molecular formula is C9H16Ca. The average Bonchev–Trinajstić information content (AvgIpc) is 1.96. The van der Waals surface area contributed by atoms with Crippen molar-refractivity contribution in [1.29, 1.82) is 0 Å². The van der Waals surface area contributed by atoms with E-state index in [1.807, 2.05) is 0 Å². The van der Waals surface area contributed by atoms with Gasteiger partial charge in [-0.15, -0.1) is 6.42 Å². The Morgan fingerprint density at radius 1 is 1.50 bits per heavy atom. The molecule has 0 unspecified atom stereocenters. The normalized spacial score (nSPS) is 31.8. The second kappa shape index (κ2) is 3.78. The SMILES string of the molecule is [CH2-][C@@H]1CC[C-](C)C1(C)C.[Ca+2]. The van der Waals surface area contributed by atoms with Crippen LogP contribution >= 0.6 is 0 Å². The molecule has 1 heteroatoms. The van der Waals surface area contributed by atoms with Crippen molar-refractivity contribution in [2.24, 2.45) is 11.3 Å². The van der Waals surface area contributed by atoms with Crippen molar-refractivity contribution in [2.75, 3.05) is 0 Å². The summed E-state index contributed by atoms with van der Waals surface area (Å²) < 4.78 is 0. The Morgan fingerprint density at radius 3 is 2.10 bits per heavy atom. The van der Waals surface area contributed by atoms with Gasteiger partial charge in [0.1, 0.15) is 0 Å². The van der Waals surface area contributed by atoms with Crippen LogP contribution in [0, 0.1) is 24.2 Å². The van der Waals surface area contributed by atoms with Crippen LogP contribution in [0.2, 0.25) is 0 Å². The molecule has 0 spiro atoms. The molecule has 10 heavy (non-hydrogen) atoms. The molecule has 1 atom stereocenters. The molecule has 0 bridgehead atoms. The zero-order chi connectivity index (χ0) is 7.07. The van der Waals surface area contributed by atoms with Crippen LogP contribution in [0.3, 0.4) is 0 Å². The second-order valence-electron chi connectivity index (χ2n) is 3.74. The average molecular weight is 164 g/mol. The summed E-state index contributed by atoms with van der Waals surface area (Å²) in [4.78, 5) is 0. The minimum absolute atomic E-state index is 0. The topological polar surface area (TPSA) is 0 Å². The molecule has 1 saturated carbocycles. The largest absolute Gasteiger partial charge is 2.00 e. The fraction of sp³-hybridized carbons (Fsp3) is 0.778. The maximum absolute atomic E-state index is 4.12. The van der Waals surface area contributed by atoms with E-state index in [9.17, 15) is 0 Å². The Balaban J connectivity index is 0.000000810. The summed E-state index contributed by atoms with van der Waals surface area (Å²) in [7, 11) is 0. The molecule has 1 fully saturated rings. The molecule has 0 aromatic rings. The van der Waals surface area contributed by atoms with Crippen LogP contribution in [-0.4, -0.2) is 37.7 Å². The summed E-state index contributed by atoms with van der Waals surface area (Å²) in [6, 6.07) is 0. The third kappa shape index (κ3) is 1.89. The van der Waals surface area contributed by atoms with Crippen molar-refractivity contribution in [2.45, 2.75) is 33.6 Å². The van der Waals surface area contributed by atoms with Gasteiger partial charge in [0, 0.05) is 0 Å². The molecule has 0 N–H and O–H groups in total. The van der Waals surface area contributed by atoms with E-state index in [1.165, 1.54) is 12.8 Å². The van der Waals surface area contributed by atoms with Gasteiger partial charge in [-0.3, -0.25) is 0 Å². The molecule has 1 aliphatic carbocycles. The first-order valence-corrected chi connectivity index (χ1v) is 3.71. The van der Waals surface area contributed by atoms with Gasteiger partial charge < -0.3 is 12.8 Å². The molecule has 0 heterocycles. The Kier molecular flexibility index (Phi) is 4.25. The molecule has 0 saturated heterocycles. The van der Waals surface area contributed by atoms with Crippen LogP contribution in [0.15, 0.2) is 0 Å². The number of rotatable bonds is 0. The van der Waals surface area contributed by atoms with E-state index >= 15 is 0 Å². The summed E-state index contributed by atoms with van der Waals surface area (Å²) in [6.07, 6.45) is 2.58. The first-order chi connectivity index (χ1) is 4.05. The van der Waals surface area contributed by atoms with Gasteiger partial charge in [-0.2, -0.15) is 24.7 Å². The molecule has 0 aliphatic heterocycles. The van der Waals surface area contributed by atoms with Crippen molar-refractivity contribution in [3.63, 3.8) is 0 Å². The first-order valence-electron chi connectivity index (χ1n) is 3.71. The molecule has 1 aliphatic rings. The van der Waals surface area contributed by atoms with Crippen LogP contribution in [0.5, 0.6) is 0 Å². The predicted molar refractivity (Wildman–Crippen MR) is 46.5 cm³/mol. The Bertz CT molecular complexity index is 95.3. The standard InChI is InChI=1S/C9H16.Ca/c1-7-5-6-8(2)9(7,3)4;/h7H,1,5-6H2,2-4H3;/q-2;+2/t7-;/m1./s1. The zero-order valence-corrected chi connectivity index (χ0v) is 9.61. The van der Waals surface area contributed by atoms with E-state index in [4.69, 9.17) is 0 Å². The second-order valence-corrected chi connectivity index (χ2v) is 3.74. The van der Waals surface area contributed by atoms with Crippen LogP contribution in [0.25, 0.3) is 0 Å². The smallest absolute Gasteiger partial charge is 0.342 e. The fourth-order valence-corrected chi connectivity index (χ4v) is 1.42. The van der Waals surface area contributed by atoms with Crippen molar-refractivity contribution in [3.8, 4) is 0 Å². The molecule has 1 rings (SSSR count). The maximum Gasteiger partial charge on any atom is 2.00 e. The quantitative estimate of drug-likeness (QED) is 0.381. The van der Waals surface area contributed by atoms with Crippen molar-refractivity contribution in [1.82, 2.24) is 0 Å². The molecule has 0 amide bonds. The maximum atomic E-state index is 4.12. The predicted octanol–water partition coefficient (Wildman–Crippen LogP) is 2.47. The van der Waals surface area contributed by atoms with Gasteiger partial charge in [-0.25, -0.2) is 0 Å². The van der Waals surface area contributed by atoms with E-state index < -0.39 is 0 Å². The summed E-state index contributed by atoms with van der Waals surface area (Å²) >= 11 is 0. The summed E-state index contributed by atoms with van der Waals surface area (Å²) in [6.45, 7) is 11.0. The van der Waals surface area contributed by atoms with Gasteiger partial charge in [-0.05, 0) is 0 Å². The molecule has 0 radical (unpaired) electrons. The van der Waals surface area contributed by atoms with Gasteiger partial charge in [0.2, 0.25) is 0 Å². The van der Waals surface area contributed by atoms with E-state index in [0.717, 1.165) is 0 Å². The Labute approximate surface area is 94.8 Å². The Morgan fingerprint density at radius 2 is 2.00 bits per heavy atom. The molecule has 0 aromatic heterocycles. The monoisotopic (exact) mass is 164 g/mol. The summed E-state index contributed by atoms with van der Waals surface area (Å²) in [5.74, 6) is 2.28. The third-order valence-electron chi connectivity index (χ3n) is 2.99. The van der Waals surface area contributed by atoms with Gasteiger partial charge in [0.25, 0.3) is 0 Å². The molecule has 54 valence electrons. The van der Waals surface area contributed by atoms with Crippen molar-refractivity contribution < 1.29 is 0 Å². The van der Waals surface area contributed by atoms with Gasteiger partial charge in [-0.1, -0.05) is 13.8 Å². The van der Waals surface area contributed by atoms with Crippen LogP contribution < -0.4 is 0 Å². The minimum Gasteiger partial charge on any atom is -0.342 e. The zero-order valence-electron chi connectivity index (χ0n) is 7.41. The molecule has 0 nitrogen and oxygen atoms in total. The summed E-state index contributed by atoms with van der Waals surface area (Å²) in [5.41, 5.74) is 0.417.